The van der Waals surface area contributed by atoms with Crippen molar-refractivity contribution in [1.82, 2.24) is 5.32 Å². The second kappa shape index (κ2) is 8.60. The minimum Gasteiger partial charge on any atom is -0.491 e. The molecule has 2 rings (SSSR count). The molecule has 5 heteroatoms. The van der Waals surface area contributed by atoms with Crippen LogP contribution >= 0.6 is 11.6 Å². The first kappa shape index (κ1) is 18.1. The van der Waals surface area contributed by atoms with Crippen molar-refractivity contribution < 1.29 is 14.3 Å². The van der Waals surface area contributed by atoms with E-state index in [1.54, 1.807) is 31.2 Å². The highest BCUT2D eigenvalue weighted by Crippen LogP contribution is 2.18. The third kappa shape index (κ3) is 5.78. The summed E-state index contributed by atoms with van der Waals surface area (Å²) in [5.41, 5.74) is 1.18. The number of rotatable bonds is 7. The number of nitrogens with one attached hydrogen (secondary N) is 1. The number of hydrogen-bond acceptors (Lipinski definition) is 3. The van der Waals surface area contributed by atoms with Crippen LogP contribution in [0.3, 0.4) is 0 Å². The third-order valence-corrected chi connectivity index (χ3v) is 3.62. The molecule has 0 heterocycles. The maximum atomic E-state index is 12.2. The van der Waals surface area contributed by atoms with Crippen molar-refractivity contribution in [1.29, 1.82) is 0 Å². The summed E-state index contributed by atoms with van der Waals surface area (Å²) >= 11 is 5.90. The van der Waals surface area contributed by atoms with E-state index in [0.29, 0.717) is 17.4 Å². The van der Waals surface area contributed by atoms with Crippen LogP contribution in [0.4, 0.5) is 0 Å². The van der Waals surface area contributed by atoms with Gasteiger partial charge in [-0.15, -0.1) is 0 Å². The van der Waals surface area contributed by atoms with E-state index in [-0.39, 0.29) is 11.9 Å². The van der Waals surface area contributed by atoms with E-state index in [1.165, 1.54) is 5.56 Å². The molecule has 0 aliphatic heterocycles. The van der Waals surface area contributed by atoms with Gasteiger partial charge in [-0.3, -0.25) is 4.79 Å². The Morgan fingerprint density at radius 3 is 2.50 bits per heavy atom. The fourth-order valence-corrected chi connectivity index (χ4v) is 2.24. The van der Waals surface area contributed by atoms with Gasteiger partial charge in [-0.1, -0.05) is 35.4 Å². The third-order valence-electron chi connectivity index (χ3n) is 3.39. The van der Waals surface area contributed by atoms with Crippen molar-refractivity contribution >= 4 is 17.5 Å². The Balaban J connectivity index is 1.78. The van der Waals surface area contributed by atoms with Gasteiger partial charge in [0.25, 0.3) is 5.91 Å². The van der Waals surface area contributed by atoms with Gasteiger partial charge in [-0.25, -0.2) is 0 Å². The van der Waals surface area contributed by atoms with Crippen molar-refractivity contribution in [2.24, 2.45) is 0 Å². The molecule has 0 saturated heterocycles. The Bertz CT molecular complexity index is 673. The van der Waals surface area contributed by atoms with Crippen LogP contribution in [0, 0.1) is 6.92 Å². The molecular weight excluding hydrogens is 326 g/mol. The largest absolute Gasteiger partial charge is 0.491 e. The number of ether oxygens (including phenoxy) is 2. The summed E-state index contributed by atoms with van der Waals surface area (Å²) in [6, 6.07) is 14.6. The fourth-order valence-electron chi connectivity index (χ4n) is 2.06. The van der Waals surface area contributed by atoms with Crippen LogP contribution in [-0.4, -0.2) is 24.7 Å². The predicted molar refractivity (Wildman–Crippen MR) is 95.8 cm³/mol. The summed E-state index contributed by atoms with van der Waals surface area (Å²) in [4.78, 5) is 12.2. The van der Waals surface area contributed by atoms with Crippen LogP contribution in [0.15, 0.2) is 48.5 Å². The fraction of sp³-hybridized carbons (Fsp3) is 0.316. The van der Waals surface area contributed by atoms with Gasteiger partial charge >= 0.3 is 0 Å². The van der Waals surface area contributed by atoms with Crippen molar-refractivity contribution in [2.45, 2.75) is 32.9 Å². The lowest BCUT2D eigenvalue weighted by atomic mass is 10.2. The first-order valence-corrected chi connectivity index (χ1v) is 8.24. The van der Waals surface area contributed by atoms with Crippen LogP contribution < -0.4 is 14.8 Å². The molecule has 0 radical (unpaired) electrons. The van der Waals surface area contributed by atoms with E-state index in [0.717, 1.165) is 5.75 Å². The maximum Gasteiger partial charge on any atom is 0.261 e. The van der Waals surface area contributed by atoms with Crippen molar-refractivity contribution in [2.75, 3.05) is 6.61 Å². The predicted octanol–water partition coefficient (Wildman–Crippen LogP) is 4.00. The van der Waals surface area contributed by atoms with Gasteiger partial charge in [0.2, 0.25) is 0 Å². The standard InChI is InChI=1S/C19H22ClNO3/c1-13-7-9-17(10-8-13)23-12-14(2)21-19(22)15(3)24-18-6-4-5-16(20)11-18/h4-11,14-15H,12H2,1-3H3,(H,21,22)/t14-,15-/m1/s1. The molecule has 2 aromatic rings. The van der Waals surface area contributed by atoms with Crippen molar-refractivity contribution in [3.8, 4) is 11.5 Å². The molecule has 2 atom stereocenters. The molecule has 0 unspecified atom stereocenters. The lowest BCUT2D eigenvalue weighted by Crippen LogP contribution is -2.43. The Morgan fingerprint density at radius 2 is 1.83 bits per heavy atom. The van der Waals surface area contributed by atoms with E-state index < -0.39 is 6.10 Å². The zero-order valence-electron chi connectivity index (χ0n) is 14.1. The summed E-state index contributed by atoms with van der Waals surface area (Å²) in [6.45, 7) is 5.99. The van der Waals surface area contributed by atoms with Crippen LogP contribution in [0.2, 0.25) is 5.02 Å². The molecular formula is C19H22ClNO3. The minimum atomic E-state index is -0.620. The lowest BCUT2D eigenvalue weighted by Gasteiger charge is -2.19. The monoisotopic (exact) mass is 347 g/mol. The molecule has 1 amide bonds. The molecule has 2 aromatic carbocycles. The number of aryl methyl sites for hydroxylation is 1. The first-order chi connectivity index (χ1) is 11.4. The molecule has 0 spiro atoms. The molecule has 24 heavy (non-hydrogen) atoms. The summed E-state index contributed by atoms with van der Waals surface area (Å²) in [5, 5.41) is 3.44. The zero-order chi connectivity index (χ0) is 17.5. The van der Waals surface area contributed by atoms with Crippen LogP contribution in [0.5, 0.6) is 11.5 Å². The number of carbonyl (C=O) groups excluding carboxylic acids is 1. The van der Waals surface area contributed by atoms with E-state index in [9.17, 15) is 4.79 Å². The van der Waals surface area contributed by atoms with E-state index in [2.05, 4.69) is 5.32 Å². The number of halogens is 1. The average Bonchev–Trinajstić information content (AvgIpc) is 2.54. The van der Waals surface area contributed by atoms with Gasteiger partial charge in [-0.05, 0) is 51.1 Å². The second-order valence-corrected chi connectivity index (χ2v) is 6.19. The number of benzene rings is 2. The van der Waals surface area contributed by atoms with E-state index >= 15 is 0 Å². The summed E-state index contributed by atoms with van der Waals surface area (Å²) in [7, 11) is 0. The van der Waals surface area contributed by atoms with Crippen LogP contribution in [0.1, 0.15) is 19.4 Å². The molecule has 4 nitrogen and oxygen atoms in total. The quantitative estimate of drug-likeness (QED) is 0.823. The molecule has 0 aromatic heterocycles. The topological polar surface area (TPSA) is 47.6 Å². The Morgan fingerprint density at radius 1 is 1.12 bits per heavy atom. The normalized spacial score (nSPS) is 13.0. The highest BCUT2D eigenvalue weighted by molar-refractivity contribution is 6.30. The molecule has 0 saturated carbocycles. The first-order valence-electron chi connectivity index (χ1n) is 7.86. The molecule has 1 N–H and O–H groups in total. The molecule has 128 valence electrons. The summed E-state index contributed by atoms with van der Waals surface area (Å²) < 4.78 is 11.3. The Labute approximate surface area is 147 Å². The van der Waals surface area contributed by atoms with Gasteiger partial charge in [0, 0.05) is 5.02 Å². The number of carbonyl (C=O) groups is 1. The summed E-state index contributed by atoms with van der Waals surface area (Å²) in [6.07, 6.45) is -0.620. The average molecular weight is 348 g/mol. The molecule has 0 aliphatic rings. The van der Waals surface area contributed by atoms with Crippen molar-refractivity contribution in [3.05, 3.63) is 59.1 Å². The highest BCUT2D eigenvalue weighted by atomic mass is 35.5. The minimum absolute atomic E-state index is 0.135. The van der Waals surface area contributed by atoms with E-state index in [4.69, 9.17) is 21.1 Å². The smallest absolute Gasteiger partial charge is 0.261 e. The number of hydrogen-bond donors (Lipinski definition) is 1. The van der Waals surface area contributed by atoms with Crippen molar-refractivity contribution in [3.63, 3.8) is 0 Å². The van der Waals surface area contributed by atoms with Gasteiger partial charge in [0.15, 0.2) is 6.10 Å². The number of amides is 1. The SMILES string of the molecule is Cc1ccc(OC[C@@H](C)NC(=O)[C@@H](C)Oc2cccc(Cl)c2)cc1. The van der Waals surface area contributed by atoms with Gasteiger partial charge in [0.1, 0.15) is 18.1 Å². The maximum absolute atomic E-state index is 12.2. The van der Waals surface area contributed by atoms with Gasteiger partial charge in [0.05, 0.1) is 6.04 Å². The van der Waals surface area contributed by atoms with Crippen LogP contribution in [0.25, 0.3) is 0 Å². The lowest BCUT2D eigenvalue weighted by molar-refractivity contribution is -0.128. The molecule has 0 fully saturated rings. The van der Waals surface area contributed by atoms with Gasteiger partial charge in [-0.2, -0.15) is 0 Å². The highest BCUT2D eigenvalue weighted by Gasteiger charge is 2.17. The molecule has 0 bridgehead atoms. The Kier molecular flexibility index (Phi) is 6.50. The van der Waals surface area contributed by atoms with Crippen LogP contribution in [-0.2, 0) is 4.79 Å². The summed E-state index contributed by atoms with van der Waals surface area (Å²) in [5.74, 6) is 1.15. The van der Waals surface area contributed by atoms with E-state index in [1.807, 2.05) is 38.1 Å². The second-order valence-electron chi connectivity index (χ2n) is 5.75. The molecule has 0 aliphatic carbocycles. The van der Waals surface area contributed by atoms with Gasteiger partial charge < -0.3 is 14.8 Å². The Hall–Kier alpha value is -2.20. The zero-order valence-corrected chi connectivity index (χ0v) is 14.8.